The second-order valence-corrected chi connectivity index (χ2v) is 6.20. The zero-order valence-corrected chi connectivity index (χ0v) is 12.6. The maximum Gasteiger partial charge on any atom is 0.313 e. The molecule has 2 aromatic rings. The Bertz CT molecular complexity index is 696. The van der Waals surface area contributed by atoms with Gasteiger partial charge in [-0.1, -0.05) is 11.8 Å². The Morgan fingerprint density at radius 1 is 1.48 bits per heavy atom. The minimum absolute atomic E-state index is 0.111. The number of aromatic nitrogens is 3. The van der Waals surface area contributed by atoms with Gasteiger partial charge in [-0.3, -0.25) is 9.59 Å². The van der Waals surface area contributed by atoms with Gasteiger partial charge in [0.1, 0.15) is 5.52 Å². The molecule has 2 aromatic heterocycles. The van der Waals surface area contributed by atoms with Gasteiger partial charge in [-0.05, 0) is 26.0 Å². The summed E-state index contributed by atoms with van der Waals surface area (Å²) in [5.41, 5.74) is 5.89. The van der Waals surface area contributed by atoms with Crippen molar-refractivity contribution in [3.05, 3.63) is 18.3 Å². The number of nitrogens with two attached hydrogens (primary N) is 1. The molecule has 0 aromatic carbocycles. The van der Waals surface area contributed by atoms with Gasteiger partial charge in [-0.25, -0.2) is 9.97 Å². The van der Waals surface area contributed by atoms with E-state index in [0.29, 0.717) is 16.3 Å². The second kappa shape index (κ2) is 5.72. The molecule has 7 nitrogen and oxygen atoms in total. The smallest absolute Gasteiger partial charge is 0.313 e. The Labute approximate surface area is 125 Å². The molecular weight excluding hydrogens is 292 g/mol. The van der Waals surface area contributed by atoms with Crippen LogP contribution >= 0.6 is 11.8 Å². The maximum atomic E-state index is 11.5. The van der Waals surface area contributed by atoms with Gasteiger partial charge in [0.15, 0.2) is 10.8 Å². The third kappa shape index (κ3) is 3.33. The van der Waals surface area contributed by atoms with E-state index in [-0.39, 0.29) is 12.3 Å². The molecule has 0 saturated heterocycles. The Kier molecular flexibility index (Phi) is 4.17. The molecule has 0 radical (unpaired) electrons. The molecule has 0 spiro atoms. The summed E-state index contributed by atoms with van der Waals surface area (Å²) in [6.07, 6.45) is 1.63. The van der Waals surface area contributed by atoms with Crippen molar-refractivity contribution in [1.82, 2.24) is 14.5 Å². The van der Waals surface area contributed by atoms with Crippen LogP contribution in [-0.2, 0) is 16.1 Å². The average molecular weight is 308 g/mol. The summed E-state index contributed by atoms with van der Waals surface area (Å²) < 4.78 is 1.74. The van der Waals surface area contributed by atoms with Crippen molar-refractivity contribution in [2.24, 2.45) is 11.1 Å². The summed E-state index contributed by atoms with van der Waals surface area (Å²) in [5.74, 6) is -1.48. The lowest BCUT2D eigenvalue weighted by Gasteiger charge is -2.22. The van der Waals surface area contributed by atoms with Gasteiger partial charge in [0, 0.05) is 12.7 Å². The molecule has 0 saturated carbocycles. The Morgan fingerprint density at radius 2 is 2.19 bits per heavy atom. The molecule has 1 amide bonds. The Balaban J connectivity index is 2.45. The summed E-state index contributed by atoms with van der Waals surface area (Å²) >= 11 is 1.09. The SMILES string of the molecule is CC(C)(Cn1c(SCC(=O)O)nc2cccnc21)C(N)=O. The van der Waals surface area contributed by atoms with Gasteiger partial charge in [0.25, 0.3) is 0 Å². The zero-order chi connectivity index (χ0) is 15.6. The number of primary amides is 1. The van der Waals surface area contributed by atoms with Gasteiger partial charge in [-0.15, -0.1) is 0 Å². The summed E-state index contributed by atoms with van der Waals surface area (Å²) in [7, 11) is 0. The van der Waals surface area contributed by atoms with Crippen LogP contribution in [0.4, 0.5) is 0 Å². The molecule has 0 bridgehead atoms. The van der Waals surface area contributed by atoms with E-state index in [2.05, 4.69) is 9.97 Å². The molecule has 0 unspecified atom stereocenters. The lowest BCUT2D eigenvalue weighted by molar-refractivity contribution is -0.134. The maximum absolute atomic E-state index is 11.5. The number of carboxylic acids is 1. The first-order valence-corrected chi connectivity index (χ1v) is 7.25. The Morgan fingerprint density at radius 3 is 2.81 bits per heavy atom. The minimum atomic E-state index is -0.930. The lowest BCUT2D eigenvalue weighted by Crippen LogP contribution is -2.35. The molecule has 2 heterocycles. The molecule has 8 heteroatoms. The van der Waals surface area contributed by atoms with Crippen molar-refractivity contribution < 1.29 is 14.7 Å². The lowest BCUT2D eigenvalue weighted by atomic mass is 9.93. The molecule has 0 aliphatic carbocycles. The first-order valence-electron chi connectivity index (χ1n) is 6.27. The normalized spacial score (nSPS) is 11.7. The minimum Gasteiger partial charge on any atom is -0.481 e. The van der Waals surface area contributed by atoms with E-state index in [0.717, 1.165) is 11.8 Å². The van der Waals surface area contributed by atoms with Crippen molar-refractivity contribution in [3.8, 4) is 0 Å². The monoisotopic (exact) mass is 308 g/mol. The van der Waals surface area contributed by atoms with Crippen LogP contribution in [0.1, 0.15) is 13.8 Å². The highest BCUT2D eigenvalue weighted by Gasteiger charge is 2.28. The summed E-state index contributed by atoms with van der Waals surface area (Å²) in [6, 6.07) is 3.55. The third-order valence-corrected chi connectivity index (χ3v) is 3.98. The summed E-state index contributed by atoms with van der Waals surface area (Å²) in [6.45, 7) is 3.75. The van der Waals surface area contributed by atoms with Crippen molar-refractivity contribution in [1.29, 1.82) is 0 Å². The predicted molar refractivity (Wildman–Crippen MR) is 78.9 cm³/mol. The summed E-state index contributed by atoms with van der Waals surface area (Å²) in [5, 5.41) is 9.33. The molecular formula is C13H16N4O3S. The highest BCUT2D eigenvalue weighted by molar-refractivity contribution is 7.99. The number of nitrogens with zero attached hydrogens (tertiary/aromatic N) is 3. The van der Waals surface area contributed by atoms with Crippen LogP contribution in [-0.4, -0.2) is 37.3 Å². The number of fused-ring (bicyclic) bond motifs is 1. The average Bonchev–Trinajstić information content (AvgIpc) is 2.74. The van der Waals surface area contributed by atoms with E-state index in [1.807, 2.05) is 0 Å². The van der Waals surface area contributed by atoms with E-state index in [1.165, 1.54) is 0 Å². The number of carbonyl (C=O) groups excluding carboxylic acids is 1. The van der Waals surface area contributed by atoms with Gasteiger partial charge in [-0.2, -0.15) is 0 Å². The molecule has 0 aliphatic rings. The number of aliphatic carboxylic acids is 1. The Hall–Kier alpha value is -2.09. The van der Waals surface area contributed by atoms with Crippen LogP contribution in [0.5, 0.6) is 0 Å². The fourth-order valence-corrected chi connectivity index (χ4v) is 2.51. The number of imidazole rings is 1. The largest absolute Gasteiger partial charge is 0.481 e. The van der Waals surface area contributed by atoms with E-state index in [1.54, 1.807) is 36.7 Å². The molecule has 112 valence electrons. The standard InChI is InChI=1S/C13H16N4O3S/c1-13(2,11(14)20)7-17-10-8(4-3-5-15-10)16-12(17)21-6-9(18)19/h3-5H,6-7H2,1-2H3,(H2,14,20)(H,18,19). The van der Waals surface area contributed by atoms with Gasteiger partial charge >= 0.3 is 5.97 Å². The van der Waals surface area contributed by atoms with E-state index in [9.17, 15) is 9.59 Å². The van der Waals surface area contributed by atoms with E-state index in [4.69, 9.17) is 10.8 Å². The topological polar surface area (TPSA) is 111 Å². The van der Waals surface area contributed by atoms with E-state index < -0.39 is 17.3 Å². The number of thioether (sulfide) groups is 1. The molecule has 0 atom stereocenters. The van der Waals surface area contributed by atoms with Crippen LogP contribution in [0, 0.1) is 5.41 Å². The van der Waals surface area contributed by atoms with Crippen molar-refractivity contribution in [2.45, 2.75) is 25.5 Å². The van der Waals surface area contributed by atoms with Crippen molar-refractivity contribution >= 4 is 34.8 Å². The number of carbonyl (C=O) groups is 2. The van der Waals surface area contributed by atoms with Gasteiger partial charge in [0.05, 0.1) is 11.2 Å². The number of hydrogen-bond donors (Lipinski definition) is 2. The quantitative estimate of drug-likeness (QED) is 0.774. The molecule has 21 heavy (non-hydrogen) atoms. The molecule has 0 fully saturated rings. The third-order valence-electron chi connectivity index (χ3n) is 3.01. The predicted octanol–water partition coefficient (Wildman–Crippen LogP) is 1.12. The fourth-order valence-electron chi connectivity index (χ4n) is 1.79. The first-order chi connectivity index (χ1) is 9.81. The van der Waals surface area contributed by atoms with Gasteiger partial charge in [0.2, 0.25) is 5.91 Å². The van der Waals surface area contributed by atoms with Crippen molar-refractivity contribution in [2.75, 3.05) is 5.75 Å². The zero-order valence-electron chi connectivity index (χ0n) is 11.7. The molecule has 2 rings (SSSR count). The highest BCUT2D eigenvalue weighted by atomic mass is 32.2. The van der Waals surface area contributed by atoms with Crippen LogP contribution < -0.4 is 5.73 Å². The van der Waals surface area contributed by atoms with Crippen LogP contribution in [0.15, 0.2) is 23.5 Å². The van der Waals surface area contributed by atoms with Crippen LogP contribution in [0.25, 0.3) is 11.2 Å². The van der Waals surface area contributed by atoms with Crippen molar-refractivity contribution in [3.63, 3.8) is 0 Å². The number of rotatable bonds is 6. The molecule has 0 aliphatic heterocycles. The number of carboxylic acid groups (broad SMARTS) is 1. The van der Waals surface area contributed by atoms with Crippen LogP contribution in [0.3, 0.4) is 0 Å². The second-order valence-electron chi connectivity index (χ2n) is 5.26. The number of amides is 1. The first kappa shape index (κ1) is 15.3. The molecule has 3 N–H and O–H groups in total. The van der Waals surface area contributed by atoms with Crippen LogP contribution in [0.2, 0.25) is 0 Å². The van der Waals surface area contributed by atoms with E-state index >= 15 is 0 Å². The number of pyridine rings is 1. The number of hydrogen-bond acceptors (Lipinski definition) is 5. The highest BCUT2D eigenvalue weighted by Crippen LogP contribution is 2.27. The fraction of sp³-hybridized carbons (Fsp3) is 0.385. The summed E-state index contributed by atoms with van der Waals surface area (Å²) in [4.78, 5) is 30.9. The van der Waals surface area contributed by atoms with Gasteiger partial charge < -0.3 is 15.4 Å².